The van der Waals surface area contributed by atoms with Crippen molar-refractivity contribution in [1.82, 2.24) is 9.97 Å². The topological polar surface area (TPSA) is 49.6 Å². The van der Waals surface area contributed by atoms with Crippen molar-refractivity contribution in [3.63, 3.8) is 0 Å². The maximum atomic E-state index is 9.29. The molecule has 21 heavy (non-hydrogen) atoms. The zero-order chi connectivity index (χ0) is 15.1. The van der Waals surface area contributed by atoms with Gasteiger partial charge in [0, 0.05) is 10.5 Å². The van der Waals surface area contributed by atoms with E-state index in [4.69, 9.17) is 0 Å². The summed E-state index contributed by atoms with van der Waals surface area (Å²) in [7, 11) is 0. The number of nitrogens with zero attached hydrogens (tertiary/aromatic N) is 3. The van der Waals surface area contributed by atoms with Gasteiger partial charge in [-0.3, -0.25) is 0 Å². The monoisotopic (exact) mass is 293 g/mol. The predicted molar refractivity (Wildman–Crippen MR) is 86.6 cm³/mol. The number of hydrogen-bond acceptors (Lipinski definition) is 4. The Morgan fingerprint density at radius 1 is 1.38 bits per heavy atom. The molecule has 104 valence electrons. The second kappa shape index (κ2) is 7.41. The predicted octanol–water partition coefficient (Wildman–Crippen LogP) is 4.59. The van der Waals surface area contributed by atoms with Crippen LogP contribution in [-0.2, 0) is 0 Å². The molecule has 3 nitrogen and oxygen atoms in total. The van der Waals surface area contributed by atoms with Crippen molar-refractivity contribution in [2.24, 2.45) is 0 Å². The van der Waals surface area contributed by atoms with E-state index in [1.165, 1.54) is 11.8 Å². The number of allylic oxidation sites excluding steroid dienone is 2. The Morgan fingerprint density at radius 3 is 2.76 bits per heavy atom. The van der Waals surface area contributed by atoms with Crippen LogP contribution in [0.25, 0.3) is 11.3 Å². The largest absolute Gasteiger partial charge is 0.244 e. The third-order valence-electron chi connectivity index (χ3n) is 2.74. The SMILES string of the molecule is C=C/C(=C\CC)Sc1ncc(-c2ccccc2)nc1C#N. The van der Waals surface area contributed by atoms with Gasteiger partial charge in [0.2, 0.25) is 0 Å². The molecule has 0 atom stereocenters. The number of nitriles is 1. The number of hydrogen-bond donors (Lipinski definition) is 0. The maximum Gasteiger partial charge on any atom is 0.173 e. The van der Waals surface area contributed by atoms with Crippen LogP contribution in [0.4, 0.5) is 0 Å². The van der Waals surface area contributed by atoms with Crippen molar-refractivity contribution < 1.29 is 0 Å². The molecule has 0 aliphatic rings. The van der Waals surface area contributed by atoms with Gasteiger partial charge in [0.15, 0.2) is 5.69 Å². The highest BCUT2D eigenvalue weighted by molar-refractivity contribution is 8.03. The lowest BCUT2D eigenvalue weighted by molar-refractivity contribution is 1.03. The fraction of sp³-hybridized carbons (Fsp3) is 0.118. The molecule has 0 N–H and O–H groups in total. The third kappa shape index (κ3) is 3.80. The summed E-state index contributed by atoms with van der Waals surface area (Å²) in [5.41, 5.74) is 1.99. The van der Waals surface area contributed by atoms with Crippen LogP contribution in [0.5, 0.6) is 0 Å². The Morgan fingerprint density at radius 2 is 2.14 bits per heavy atom. The van der Waals surface area contributed by atoms with Crippen LogP contribution < -0.4 is 0 Å². The molecule has 1 aromatic carbocycles. The third-order valence-corrected chi connectivity index (χ3v) is 3.80. The van der Waals surface area contributed by atoms with E-state index in [2.05, 4.69) is 29.5 Å². The van der Waals surface area contributed by atoms with Gasteiger partial charge in [-0.1, -0.05) is 67.7 Å². The van der Waals surface area contributed by atoms with Gasteiger partial charge in [0.05, 0.1) is 11.9 Å². The van der Waals surface area contributed by atoms with Crippen LogP contribution in [0, 0.1) is 11.3 Å². The molecule has 4 heteroatoms. The van der Waals surface area contributed by atoms with Gasteiger partial charge < -0.3 is 0 Å². The summed E-state index contributed by atoms with van der Waals surface area (Å²) >= 11 is 1.42. The summed E-state index contributed by atoms with van der Waals surface area (Å²) in [6.45, 7) is 5.83. The van der Waals surface area contributed by atoms with Crippen molar-refractivity contribution in [3.05, 3.63) is 65.9 Å². The minimum Gasteiger partial charge on any atom is -0.244 e. The summed E-state index contributed by atoms with van der Waals surface area (Å²) < 4.78 is 0. The summed E-state index contributed by atoms with van der Waals surface area (Å²) in [5.74, 6) is 0. The average Bonchev–Trinajstić information content (AvgIpc) is 2.55. The van der Waals surface area contributed by atoms with Crippen LogP contribution in [0.2, 0.25) is 0 Å². The molecule has 0 unspecified atom stereocenters. The maximum absolute atomic E-state index is 9.29. The first-order chi connectivity index (χ1) is 10.3. The van der Waals surface area contributed by atoms with Crippen LogP contribution >= 0.6 is 11.8 Å². The van der Waals surface area contributed by atoms with Gasteiger partial charge in [-0.2, -0.15) is 5.26 Å². The Labute approximate surface area is 129 Å². The molecule has 0 bridgehead atoms. The number of thioether (sulfide) groups is 1. The molecule has 0 spiro atoms. The molecule has 1 aromatic heterocycles. The van der Waals surface area contributed by atoms with Crippen molar-refractivity contribution in [3.8, 4) is 17.3 Å². The fourth-order valence-corrected chi connectivity index (χ4v) is 2.60. The number of rotatable bonds is 5. The Kier molecular flexibility index (Phi) is 5.30. The average molecular weight is 293 g/mol. The minimum absolute atomic E-state index is 0.338. The van der Waals surface area contributed by atoms with E-state index in [0.717, 1.165) is 16.9 Å². The van der Waals surface area contributed by atoms with E-state index >= 15 is 0 Å². The second-order valence-electron chi connectivity index (χ2n) is 4.21. The van der Waals surface area contributed by atoms with E-state index in [1.807, 2.05) is 36.4 Å². The summed E-state index contributed by atoms with van der Waals surface area (Å²) in [5, 5.41) is 9.90. The first-order valence-electron chi connectivity index (χ1n) is 6.61. The summed E-state index contributed by atoms with van der Waals surface area (Å²) in [6, 6.07) is 11.8. The molecule has 0 fully saturated rings. The quantitative estimate of drug-likeness (QED) is 0.597. The van der Waals surface area contributed by atoms with Gasteiger partial charge in [-0.25, -0.2) is 9.97 Å². The molecule has 2 aromatic rings. The molecule has 0 radical (unpaired) electrons. The molecule has 0 aliphatic heterocycles. The van der Waals surface area contributed by atoms with Gasteiger partial charge in [0.25, 0.3) is 0 Å². The first kappa shape index (κ1) is 15.0. The van der Waals surface area contributed by atoms with Gasteiger partial charge in [-0.05, 0) is 6.42 Å². The summed E-state index contributed by atoms with van der Waals surface area (Å²) in [6.07, 6.45) is 6.42. The van der Waals surface area contributed by atoms with E-state index in [0.29, 0.717) is 16.4 Å². The van der Waals surface area contributed by atoms with Crippen molar-refractivity contribution >= 4 is 11.8 Å². The van der Waals surface area contributed by atoms with E-state index in [1.54, 1.807) is 12.3 Å². The second-order valence-corrected chi connectivity index (χ2v) is 5.27. The Hall–Kier alpha value is -2.38. The standard InChI is InChI=1S/C17H15N3S/c1-3-8-14(4-2)21-17-15(11-18)20-16(12-19-17)13-9-6-5-7-10-13/h4-10,12H,2-3H2,1H3/b14-8+. The van der Waals surface area contributed by atoms with E-state index in [-0.39, 0.29) is 0 Å². The highest BCUT2D eigenvalue weighted by atomic mass is 32.2. The zero-order valence-electron chi connectivity index (χ0n) is 11.8. The minimum atomic E-state index is 0.338. The number of aromatic nitrogens is 2. The molecular formula is C17H15N3S. The molecule has 0 amide bonds. The number of benzene rings is 1. The fourth-order valence-electron chi connectivity index (χ4n) is 1.75. The van der Waals surface area contributed by atoms with E-state index in [9.17, 15) is 5.26 Å². The highest BCUT2D eigenvalue weighted by Crippen LogP contribution is 2.29. The van der Waals surface area contributed by atoms with E-state index < -0.39 is 0 Å². The van der Waals surface area contributed by atoms with Crippen LogP contribution in [0.3, 0.4) is 0 Å². The molecule has 0 aliphatic carbocycles. The van der Waals surface area contributed by atoms with Crippen molar-refractivity contribution in [1.29, 1.82) is 5.26 Å². The van der Waals surface area contributed by atoms with Crippen molar-refractivity contribution in [2.75, 3.05) is 0 Å². The molecule has 0 saturated heterocycles. The lowest BCUT2D eigenvalue weighted by Crippen LogP contribution is -1.94. The van der Waals surface area contributed by atoms with Crippen LogP contribution in [0.1, 0.15) is 19.0 Å². The van der Waals surface area contributed by atoms with Gasteiger partial charge in [0.1, 0.15) is 11.1 Å². The lowest BCUT2D eigenvalue weighted by atomic mass is 10.2. The normalized spacial score (nSPS) is 11.0. The van der Waals surface area contributed by atoms with Gasteiger partial charge in [-0.15, -0.1) is 0 Å². The van der Waals surface area contributed by atoms with Gasteiger partial charge >= 0.3 is 0 Å². The molecular weight excluding hydrogens is 278 g/mol. The van der Waals surface area contributed by atoms with Crippen LogP contribution in [0.15, 0.2) is 65.2 Å². The zero-order valence-corrected chi connectivity index (χ0v) is 12.6. The van der Waals surface area contributed by atoms with Crippen molar-refractivity contribution in [2.45, 2.75) is 18.4 Å². The molecule has 1 heterocycles. The summed E-state index contributed by atoms with van der Waals surface area (Å²) in [4.78, 5) is 9.77. The molecule has 0 saturated carbocycles. The smallest absolute Gasteiger partial charge is 0.173 e. The Bertz CT molecular complexity index is 700. The first-order valence-corrected chi connectivity index (χ1v) is 7.43. The lowest BCUT2D eigenvalue weighted by Gasteiger charge is -2.05. The highest BCUT2D eigenvalue weighted by Gasteiger charge is 2.10. The molecule has 2 rings (SSSR count). The van der Waals surface area contributed by atoms with Crippen LogP contribution in [-0.4, -0.2) is 9.97 Å². The Balaban J connectivity index is 2.36.